The molecule has 0 radical (unpaired) electrons. The standard InChI is InChI=1S/C15H13N3O3/c19-14(11-7-12(11)15(20)21)18-10-3-1-9(2-4-10)13-8-16-5-6-17-13/h1-6,8,11-12H,7H2,(H,18,19)(H,20,21). The monoisotopic (exact) mass is 283 g/mol. The smallest absolute Gasteiger partial charge is 0.307 e. The van der Waals surface area contributed by atoms with Crippen LogP contribution in [0, 0.1) is 11.8 Å². The number of aliphatic carboxylic acids is 1. The second-order valence-electron chi connectivity index (χ2n) is 4.94. The first-order valence-electron chi connectivity index (χ1n) is 6.55. The molecule has 1 aliphatic carbocycles. The number of aromatic nitrogens is 2. The summed E-state index contributed by atoms with van der Waals surface area (Å²) in [5.74, 6) is -2.10. The first-order chi connectivity index (χ1) is 10.1. The van der Waals surface area contributed by atoms with Gasteiger partial charge in [0.05, 0.1) is 23.7 Å². The van der Waals surface area contributed by atoms with E-state index in [9.17, 15) is 9.59 Å². The number of carbonyl (C=O) groups excluding carboxylic acids is 1. The van der Waals surface area contributed by atoms with Gasteiger partial charge in [-0.2, -0.15) is 0 Å². The van der Waals surface area contributed by atoms with Crippen molar-refractivity contribution in [2.24, 2.45) is 11.8 Å². The number of carboxylic acids is 1. The van der Waals surface area contributed by atoms with Gasteiger partial charge in [-0.05, 0) is 18.6 Å². The first-order valence-corrected chi connectivity index (χ1v) is 6.55. The van der Waals surface area contributed by atoms with Crippen LogP contribution in [0.4, 0.5) is 5.69 Å². The lowest BCUT2D eigenvalue weighted by Gasteiger charge is -2.05. The third-order valence-corrected chi connectivity index (χ3v) is 3.46. The fourth-order valence-corrected chi connectivity index (χ4v) is 2.17. The van der Waals surface area contributed by atoms with E-state index in [1.54, 1.807) is 30.7 Å². The largest absolute Gasteiger partial charge is 0.481 e. The van der Waals surface area contributed by atoms with Gasteiger partial charge in [-0.15, -0.1) is 0 Å². The Bertz CT molecular complexity index is 670. The summed E-state index contributed by atoms with van der Waals surface area (Å²) < 4.78 is 0. The third kappa shape index (κ3) is 2.89. The highest BCUT2D eigenvalue weighted by Gasteiger charge is 2.48. The normalized spacial score (nSPS) is 19.8. The molecule has 0 spiro atoms. The lowest BCUT2D eigenvalue weighted by molar-refractivity contribution is -0.139. The van der Waals surface area contributed by atoms with Crippen LogP contribution in [-0.4, -0.2) is 27.0 Å². The molecule has 1 aromatic heterocycles. The Kier molecular flexibility index (Phi) is 3.35. The van der Waals surface area contributed by atoms with Crippen molar-refractivity contribution in [3.8, 4) is 11.3 Å². The maximum atomic E-state index is 11.8. The second kappa shape index (κ2) is 5.32. The zero-order valence-electron chi connectivity index (χ0n) is 11.1. The Labute approximate surface area is 120 Å². The quantitative estimate of drug-likeness (QED) is 0.892. The number of hydrogen-bond acceptors (Lipinski definition) is 4. The molecule has 0 saturated heterocycles. The van der Waals surface area contributed by atoms with Crippen molar-refractivity contribution in [3.05, 3.63) is 42.9 Å². The average molecular weight is 283 g/mol. The van der Waals surface area contributed by atoms with Gasteiger partial charge in [0, 0.05) is 23.6 Å². The van der Waals surface area contributed by atoms with Crippen molar-refractivity contribution in [2.45, 2.75) is 6.42 Å². The van der Waals surface area contributed by atoms with Gasteiger partial charge in [0.2, 0.25) is 5.91 Å². The number of nitrogens with one attached hydrogen (secondary N) is 1. The van der Waals surface area contributed by atoms with E-state index in [-0.39, 0.29) is 5.91 Å². The summed E-state index contributed by atoms with van der Waals surface area (Å²) >= 11 is 0. The molecule has 3 rings (SSSR count). The average Bonchev–Trinajstić information content (AvgIpc) is 3.30. The fourth-order valence-electron chi connectivity index (χ4n) is 2.17. The molecule has 2 aromatic rings. The summed E-state index contributed by atoms with van der Waals surface area (Å²) in [6.45, 7) is 0. The zero-order chi connectivity index (χ0) is 14.8. The Morgan fingerprint density at radius 2 is 1.90 bits per heavy atom. The zero-order valence-corrected chi connectivity index (χ0v) is 11.1. The molecular formula is C15H13N3O3. The van der Waals surface area contributed by atoms with E-state index in [1.807, 2.05) is 12.1 Å². The van der Waals surface area contributed by atoms with Crippen LogP contribution in [0.1, 0.15) is 6.42 Å². The van der Waals surface area contributed by atoms with E-state index in [4.69, 9.17) is 5.11 Å². The van der Waals surface area contributed by atoms with Crippen molar-refractivity contribution in [2.75, 3.05) is 5.32 Å². The SMILES string of the molecule is O=C(O)C1CC1C(=O)Nc1ccc(-c2cnccn2)cc1. The molecule has 1 aromatic carbocycles. The summed E-state index contributed by atoms with van der Waals surface area (Å²) in [5.41, 5.74) is 2.29. The van der Waals surface area contributed by atoms with E-state index >= 15 is 0 Å². The molecule has 1 aliphatic rings. The highest BCUT2D eigenvalue weighted by atomic mass is 16.4. The molecule has 0 aliphatic heterocycles. The van der Waals surface area contributed by atoms with Gasteiger partial charge in [0.15, 0.2) is 0 Å². The molecule has 2 N–H and O–H groups in total. The number of rotatable bonds is 4. The molecule has 0 bridgehead atoms. The second-order valence-corrected chi connectivity index (χ2v) is 4.94. The summed E-state index contributed by atoms with van der Waals surface area (Å²) in [6, 6.07) is 7.20. The minimum Gasteiger partial charge on any atom is -0.481 e. The highest BCUT2D eigenvalue weighted by Crippen LogP contribution is 2.39. The van der Waals surface area contributed by atoms with E-state index in [1.165, 1.54) is 0 Å². The van der Waals surface area contributed by atoms with Crippen LogP contribution in [0.15, 0.2) is 42.9 Å². The van der Waals surface area contributed by atoms with Crippen molar-refractivity contribution in [3.63, 3.8) is 0 Å². The molecule has 2 unspecified atom stereocenters. The number of nitrogens with zero attached hydrogens (tertiary/aromatic N) is 2. The highest BCUT2D eigenvalue weighted by molar-refractivity contribution is 5.98. The maximum absolute atomic E-state index is 11.8. The van der Waals surface area contributed by atoms with E-state index in [0.29, 0.717) is 12.1 Å². The molecule has 1 saturated carbocycles. The van der Waals surface area contributed by atoms with Crippen molar-refractivity contribution >= 4 is 17.6 Å². The molecule has 106 valence electrons. The number of anilines is 1. The lowest BCUT2D eigenvalue weighted by Crippen LogP contribution is -2.16. The number of amides is 1. The third-order valence-electron chi connectivity index (χ3n) is 3.46. The molecular weight excluding hydrogens is 270 g/mol. The molecule has 1 heterocycles. The number of hydrogen-bond donors (Lipinski definition) is 2. The lowest BCUT2D eigenvalue weighted by atomic mass is 10.1. The van der Waals surface area contributed by atoms with Gasteiger partial charge in [0.25, 0.3) is 0 Å². The van der Waals surface area contributed by atoms with Crippen LogP contribution in [-0.2, 0) is 9.59 Å². The van der Waals surface area contributed by atoms with E-state index < -0.39 is 17.8 Å². The maximum Gasteiger partial charge on any atom is 0.307 e. The van der Waals surface area contributed by atoms with Gasteiger partial charge in [-0.1, -0.05) is 12.1 Å². The van der Waals surface area contributed by atoms with Crippen molar-refractivity contribution in [1.29, 1.82) is 0 Å². The van der Waals surface area contributed by atoms with Gasteiger partial charge >= 0.3 is 5.97 Å². The van der Waals surface area contributed by atoms with Gasteiger partial charge < -0.3 is 10.4 Å². The molecule has 21 heavy (non-hydrogen) atoms. The van der Waals surface area contributed by atoms with Crippen molar-refractivity contribution < 1.29 is 14.7 Å². The molecule has 2 atom stereocenters. The number of carbonyl (C=O) groups is 2. The molecule has 6 nitrogen and oxygen atoms in total. The van der Waals surface area contributed by atoms with Crippen molar-refractivity contribution in [1.82, 2.24) is 9.97 Å². The Morgan fingerprint density at radius 3 is 2.48 bits per heavy atom. The van der Waals surface area contributed by atoms with Gasteiger partial charge in [0.1, 0.15) is 0 Å². The summed E-state index contributed by atoms with van der Waals surface area (Å²) in [5, 5.41) is 11.5. The Morgan fingerprint density at radius 1 is 1.14 bits per heavy atom. The topological polar surface area (TPSA) is 92.2 Å². The Hall–Kier alpha value is -2.76. The van der Waals surface area contributed by atoms with Gasteiger partial charge in [-0.25, -0.2) is 0 Å². The van der Waals surface area contributed by atoms with Crippen LogP contribution < -0.4 is 5.32 Å². The van der Waals surface area contributed by atoms with E-state index in [0.717, 1.165) is 11.3 Å². The number of carboxylic acid groups (broad SMARTS) is 1. The first kappa shape index (κ1) is 13.2. The van der Waals surface area contributed by atoms with E-state index in [2.05, 4.69) is 15.3 Å². The summed E-state index contributed by atoms with van der Waals surface area (Å²) in [4.78, 5) is 30.8. The molecule has 1 amide bonds. The van der Waals surface area contributed by atoms with Crippen LogP contribution in [0.3, 0.4) is 0 Å². The van der Waals surface area contributed by atoms with Crippen LogP contribution in [0.25, 0.3) is 11.3 Å². The molecule has 1 fully saturated rings. The molecule has 6 heteroatoms. The minimum atomic E-state index is -0.909. The van der Waals surface area contributed by atoms with Gasteiger partial charge in [-0.3, -0.25) is 19.6 Å². The minimum absolute atomic E-state index is 0.241. The van der Waals surface area contributed by atoms with Crippen LogP contribution >= 0.6 is 0 Å². The predicted octanol–water partition coefficient (Wildman–Crippen LogP) is 1.80. The van der Waals surface area contributed by atoms with Crippen LogP contribution in [0.2, 0.25) is 0 Å². The summed E-state index contributed by atoms with van der Waals surface area (Å²) in [6.07, 6.45) is 5.30. The van der Waals surface area contributed by atoms with Crippen LogP contribution in [0.5, 0.6) is 0 Å². The number of benzene rings is 1. The Balaban J connectivity index is 1.65. The fraction of sp³-hybridized carbons (Fsp3) is 0.200. The summed E-state index contributed by atoms with van der Waals surface area (Å²) in [7, 11) is 0. The predicted molar refractivity (Wildman–Crippen MR) is 75.3 cm³/mol.